The quantitative estimate of drug-likeness (QED) is 0.872. The Labute approximate surface area is 135 Å². The van der Waals surface area contributed by atoms with Crippen LogP contribution in [0.5, 0.6) is 0 Å². The number of carbonyl (C=O) groups is 1. The Morgan fingerprint density at radius 2 is 2.27 bits per heavy atom. The Balaban J connectivity index is 1.73. The van der Waals surface area contributed by atoms with Gasteiger partial charge in [0.15, 0.2) is 0 Å². The van der Waals surface area contributed by atoms with E-state index in [0.717, 1.165) is 43.7 Å². The van der Waals surface area contributed by atoms with Crippen LogP contribution in [0.3, 0.4) is 0 Å². The predicted octanol–water partition coefficient (Wildman–Crippen LogP) is 3.43. The van der Waals surface area contributed by atoms with Gasteiger partial charge in [-0.2, -0.15) is 0 Å². The zero-order valence-corrected chi connectivity index (χ0v) is 13.9. The first-order chi connectivity index (χ1) is 10.7. The van der Waals surface area contributed by atoms with Gasteiger partial charge < -0.3 is 4.90 Å². The Kier molecular flexibility index (Phi) is 4.52. The first-order valence-corrected chi connectivity index (χ1v) is 8.72. The van der Waals surface area contributed by atoms with Crippen molar-refractivity contribution in [2.45, 2.75) is 39.0 Å². The number of likely N-dealkylation sites (tertiary alicyclic amines) is 1. The Bertz CT molecular complexity index is 667. The number of amides is 1. The smallest absolute Gasteiger partial charge is 0.272 e. The highest BCUT2D eigenvalue weighted by Gasteiger charge is 2.27. The summed E-state index contributed by atoms with van der Waals surface area (Å²) in [6.07, 6.45) is 3.12. The van der Waals surface area contributed by atoms with E-state index in [9.17, 15) is 4.79 Å². The van der Waals surface area contributed by atoms with Crippen molar-refractivity contribution in [1.82, 2.24) is 14.9 Å². The second-order valence-corrected chi connectivity index (χ2v) is 6.67. The highest BCUT2D eigenvalue weighted by Crippen LogP contribution is 2.29. The molecule has 0 saturated carbocycles. The Morgan fingerprint density at radius 1 is 1.41 bits per heavy atom. The highest BCUT2D eigenvalue weighted by atomic mass is 32.1. The minimum atomic E-state index is 0.0423. The number of hydrogen-bond acceptors (Lipinski definition) is 4. The van der Waals surface area contributed by atoms with Crippen molar-refractivity contribution in [1.29, 1.82) is 0 Å². The number of piperidine rings is 1. The molecule has 0 bridgehead atoms. The van der Waals surface area contributed by atoms with Crippen molar-refractivity contribution in [3.63, 3.8) is 0 Å². The fourth-order valence-corrected chi connectivity index (χ4v) is 3.89. The SMILES string of the molecule is CCc1csc([C@@H]2CCCN(C(=O)c3cccc(C)n3)C2)n1. The summed E-state index contributed by atoms with van der Waals surface area (Å²) < 4.78 is 0. The molecule has 2 aromatic heterocycles. The maximum Gasteiger partial charge on any atom is 0.272 e. The number of pyridine rings is 1. The molecule has 22 heavy (non-hydrogen) atoms. The molecule has 1 amide bonds. The lowest BCUT2D eigenvalue weighted by molar-refractivity contribution is 0.0701. The van der Waals surface area contributed by atoms with Gasteiger partial charge in [-0.15, -0.1) is 11.3 Å². The average Bonchev–Trinajstić information content (AvgIpc) is 3.03. The van der Waals surface area contributed by atoms with Crippen LogP contribution in [-0.2, 0) is 6.42 Å². The second kappa shape index (κ2) is 6.57. The van der Waals surface area contributed by atoms with E-state index in [0.29, 0.717) is 11.6 Å². The van der Waals surface area contributed by atoms with Crippen molar-refractivity contribution in [3.05, 3.63) is 45.7 Å². The molecular formula is C17H21N3OS. The molecule has 3 rings (SSSR count). The summed E-state index contributed by atoms with van der Waals surface area (Å²) in [5, 5.41) is 3.31. The van der Waals surface area contributed by atoms with Crippen LogP contribution in [-0.4, -0.2) is 33.9 Å². The molecule has 4 nitrogen and oxygen atoms in total. The normalized spacial score (nSPS) is 18.5. The average molecular weight is 315 g/mol. The third-order valence-corrected chi connectivity index (χ3v) is 5.15. The standard InChI is InChI=1S/C17H21N3OS/c1-3-14-11-22-16(19-14)13-7-5-9-20(10-13)17(21)15-8-4-6-12(2)18-15/h4,6,8,11,13H,3,5,7,9-10H2,1-2H3/t13-/m1/s1. The van der Waals surface area contributed by atoms with E-state index < -0.39 is 0 Å². The summed E-state index contributed by atoms with van der Waals surface area (Å²) in [5.74, 6) is 0.411. The van der Waals surface area contributed by atoms with Crippen LogP contribution in [0.4, 0.5) is 0 Å². The molecule has 0 spiro atoms. The summed E-state index contributed by atoms with van der Waals surface area (Å²) in [6.45, 7) is 5.61. The van der Waals surface area contributed by atoms with E-state index in [4.69, 9.17) is 4.98 Å². The predicted molar refractivity (Wildman–Crippen MR) is 88.3 cm³/mol. The molecule has 3 heterocycles. The zero-order chi connectivity index (χ0) is 15.5. The largest absolute Gasteiger partial charge is 0.337 e. The summed E-state index contributed by atoms with van der Waals surface area (Å²) in [5.41, 5.74) is 2.59. The topological polar surface area (TPSA) is 46.1 Å². The summed E-state index contributed by atoms with van der Waals surface area (Å²) in [7, 11) is 0. The first-order valence-electron chi connectivity index (χ1n) is 7.84. The van der Waals surface area contributed by atoms with Crippen LogP contribution in [0.1, 0.15) is 52.6 Å². The van der Waals surface area contributed by atoms with E-state index in [2.05, 4.69) is 17.3 Å². The van der Waals surface area contributed by atoms with E-state index >= 15 is 0 Å². The van der Waals surface area contributed by atoms with Crippen LogP contribution in [0.2, 0.25) is 0 Å². The van der Waals surface area contributed by atoms with Gasteiger partial charge >= 0.3 is 0 Å². The molecule has 1 fully saturated rings. The van der Waals surface area contributed by atoms with Crippen molar-refractivity contribution < 1.29 is 4.79 Å². The van der Waals surface area contributed by atoms with Crippen molar-refractivity contribution in [2.75, 3.05) is 13.1 Å². The van der Waals surface area contributed by atoms with E-state index in [1.807, 2.05) is 24.0 Å². The van der Waals surface area contributed by atoms with Crippen molar-refractivity contribution >= 4 is 17.2 Å². The molecule has 5 heteroatoms. The molecular weight excluding hydrogens is 294 g/mol. The van der Waals surface area contributed by atoms with Crippen molar-refractivity contribution in [2.24, 2.45) is 0 Å². The summed E-state index contributed by atoms with van der Waals surface area (Å²) in [6, 6.07) is 5.61. The molecule has 0 aromatic carbocycles. The second-order valence-electron chi connectivity index (χ2n) is 5.79. The van der Waals surface area contributed by atoms with Gasteiger partial charge in [0.1, 0.15) is 5.69 Å². The maximum atomic E-state index is 12.6. The van der Waals surface area contributed by atoms with Gasteiger partial charge in [-0.25, -0.2) is 9.97 Å². The number of thiazole rings is 1. The van der Waals surface area contributed by atoms with Gasteiger partial charge in [-0.3, -0.25) is 4.79 Å². The zero-order valence-electron chi connectivity index (χ0n) is 13.1. The molecule has 1 saturated heterocycles. The molecule has 1 aliphatic rings. The number of nitrogens with zero attached hydrogens (tertiary/aromatic N) is 3. The van der Waals surface area contributed by atoms with Crippen LogP contribution in [0, 0.1) is 6.92 Å². The molecule has 1 aliphatic heterocycles. The molecule has 0 unspecified atom stereocenters. The third kappa shape index (κ3) is 3.19. The molecule has 1 atom stereocenters. The maximum absolute atomic E-state index is 12.6. The minimum absolute atomic E-state index is 0.0423. The fourth-order valence-electron chi connectivity index (χ4n) is 2.86. The van der Waals surface area contributed by atoms with Gasteiger partial charge in [0.2, 0.25) is 0 Å². The molecule has 0 N–H and O–H groups in total. The monoisotopic (exact) mass is 315 g/mol. The van der Waals surface area contributed by atoms with Gasteiger partial charge in [0.25, 0.3) is 5.91 Å². The molecule has 2 aromatic rings. The Morgan fingerprint density at radius 3 is 3.00 bits per heavy atom. The van der Waals surface area contributed by atoms with Gasteiger partial charge in [0.05, 0.1) is 10.7 Å². The van der Waals surface area contributed by atoms with E-state index in [1.54, 1.807) is 17.4 Å². The fraction of sp³-hybridized carbons (Fsp3) is 0.471. The minimum Gasteiger partial charge on any atom is -0.337 e. The van der Waals surface area contributed by atoms with E-state index in [-0.39, 0.29) is 5.91 Å². The van der Waals surface area contributed by atoms with Crippen LogP contribution in [0.15, 0.2) is 23.6 Å². The van der Waals surface area contributed by atoms with Gasteiger partial charge in [-0.1, -0.05) is 13.0 Å². The molecule has 116 valence electrons. The lowest BCUT2D eigenvalue weighted by Crippen LogP contribution is -2.39. The van der Waals surface area contributed by atoms with E-state index in [1.165, 1.54) is 5.01 Å². The number of aromatic nitrogens is 2. The lowest BCUT2D eigenvalue weighted by Gasteiger charge is -2.31. The third-order valence-electron chi connectivity index (χ3n) is 4.10. The summed E-state index contributed by atoms with van der Waals surface area (Å²) in [4.78, 5) is 23.6. The van der Waals surface area contributed by atoms with Gasteiger partial charge in [0, 0.05) is 30.1 Å². The van der Waals surface area contributed by atoms with Crippen LogP contribution >= 0.6 is 11.3 Å². The molecule has 0 radical (unpaired) electrons. The van der Waals surface area contributed by atoms with Crippen LogP contribution < -0.4 is 0 Å². The Hall–Kier alpha value is -1.75. The first kappa shape index (κ1) is 15.2. The van der Waals surface area contributed by atoms with Gasteiger partial charge in [-0.05, 0) is 38.3 Å². The highest BCUT2D eigenvalue weighted by molar-refractivity contribution is 7.09. The number of hydrogen-bond donors (Lipinski definition) is 0. The summed E-state index contributed by atoms with van der Waals surface area (Å²) >= 11 is 1.73. The number of carbonyl (C=O) groups excluding carboxylic acids is 1. The van der Waals surface area contributed by atoms with Crippen molar-refractivity contribution in [3.8, 4) is 0 Å². The number of rotatable bonds is 3. The van der Waals surface area contributed by atoms with Crippen LogP contribution in [0.25, 0.3) is 0 Å². The lowest BCUT2D eigenvalue weighted by atomic mass is 9.98. The number of aryl methyl sites for hydroxylation is 2. The molecule has 0 aliphatic carbocycles.